The van der Waals surface area contributed by atoms with Gasteiger partial charge in [-0.05, 0) is 31.8 Å². The van der Waals surface area contributed by atoms with Gasteiger partial charge in [0.25, 0.3) is 0 Å². The Kier molecular flexibility index (Phi) is 4.04. The molecule has 1 unspecified atom stereocenters. The molecule has 17 heavy (non-hydrogen) atoms. The van der Waals surface area contributed by atoms with Gasteiger partial charge in [-0.25, -0.2) is 0 Å². The number of rotatable bonds is 4. The summed E-state index contributed by atoms with van der Waals surface area (Å²) in [7, 11) is 3.87. The van der Waals surface area contributed by atoms with Crippen LogP contribution in [0.5, 0.6) is 0 Å². The van der Waals surface area contributed by atoms with E-state index in [1.165, 1.54) is 5.56 Å². The summed E-state index contributed by atoms with van der Waals surface area (Å²) < 4.78 is 0. The van der Waals surface area contributed by atoms with Crippen molar-refractivity contribution in [3.05, 3.63) is 23.8 Å². The molecule has 0 saturated heterocycles. The van der Waals surface area contributed by atoms with Crippen LogP contribution >= 0.6 is 11.8 Å². The van der Waals surface area contributed by atoms with E-state index < -0.39 is 0 Å². The topological polar surface area (TPSA) is 53.2 Å². The first-order chi connectivity index (χ1) is 8.24. The minimum Gasteiger partial charge on any atom is -0.324 e. The summed E-state index contributed by atoms with van der Waals surface area (Å²) >= 11 is 1.59. The van der Waals surface area contributed by atoms with Crippen LogP contribution in [0.3, 0.4) is 0 Å². The Morgan fingerprint density at radius 2 is 2.29 bits per heavy atom. The van der Waals surface area contributed by atoms with E-state index >= 15 is 0 Å². The molecule has 0 radical (unpaired) electrons. The molecule has 0 fully saturated rings. The zero-order chi connectivity index (χ0) is 12.3. The van der Waals surface area contributed by atoms with Gasteiger partial charge in [0.1, 0.15) is 0 Å². The van der Waals surface area contributed by atoms with Gasteiger partial charge in [0.15, 0.2) is 0 Å². The molecule has 3 N–H and O–H groups in total. The van der Waals surface area contributed by atoms with E-state index in [2.05, 4.69) is 34.1 Å². The third kappa shape index (κ3) is 2.80. The summed E-state index contributed by atoms with van der Waals surface area (Å²) in [5.74, 6) is 0.590. The van der Waals surface area contributed by atoms with Gasteiger partial charge >= 0.3 is 0 Å². The van der Waals surface area contributed by atoms with E-state index in [0.717, 1.165) is 17.1 Å². The molecule has 1 aliphatic heterocycles. The maximum atomic E-state index is 11.3. The van der Waals surface area contributed by atoms with Gasteiger partial charge in [-0.15, -0.1) is 11.8 Å². The Morgan fingerprint density at radius 1 is 1.47 bits per heavy atom. The van der Waals surface area contributed by atoms with Gasteiger partial charge in [0.05, 0.1) is 11.4 Å². The van der Waals surface area contributed by atoms with Crippen LogP contribution in [0.2, 0.25) is 0 Å². The zero-order valence-electron chi connectivity index (χ0n) is 10.0. The van der Waals surface area contributed by atoms with Crippen molar-refractivity contribution < 1.29 is 4.79 Å². The summed E-state index contributed by atoms with van der Waals surface area (Å²) in [4.78, 5) is 12.5. The Labute approximate surface area is 106 Å². The van der Waals surface area contributed by atoms with Gasteiger partial charge in [-0.2, -0.15) is 0 Å². The van der Waals surface area contributed by atoms with Crippen molar-refractivity contribution in [3.8, 4) is 0 Å². The normalized spacial score (nSPS) is 16.2. The molecule has 4 nitrogen and oxygen atoms in total. The van der Waals surface area contributed by atoms with E-state index in [9.17, 15) is 4.79 Å². The Hall–Kier alpha value is -1.04. The Morgan fingerprint density at radius 3 is 3.00 bits per heavy atom. The van der Waals surface area contributed by atoms with Crippen LogP contribution in [-0.2, 0) is 4.79 Å². The SMILES string of the molecule is CNCC(NC)c1ccc2c(c1)NC(=O)CS2. The second-order valence-electron chi connectivity index (χ2n) is 3.99. The summed E-state index contributed by atoms with van der Waals surface area (Å²) in [5.41, 5.74) is 2.11. The average molecular weight is 251 g/mol. The number of thioether (sulfide) groups is 1. The standard InChI is InChI=1S/C12H17N3OS/c1-13-6-10(14-2)8-3-4-11-9(5-8)15-12(16)7-17-11/h3-5,10,13-14H,6-7H2,1-2H3,(H,15,16). The fraction of sp³-hybridized carbons (Fsp3) is 0.417. The van der Waals surface area contributed by atoms with Gasteiger partial charge in [-0.1, -0.05) is 6.07 Å². The molecule has 0 bridgehead atoms. The van der Waals surface area contributed by atoms with Crippen molar-refractivity contribution in [3.63, 3.8) is 0 Å². The lowest BCUT2D eigenvalue weighted by Crippen LogP contribution is -2.27. The first kappa shape index (κ1) is 12.4. The quantitative estimate of drug-likeness (QED) is 0.753. The predicted octanol–water partition coefficient (Wildman–Crippen LogP) is 1.21. The van der Waals surface area contributed by atoms with Gasteiger partial charge in [-0.3, -0.25) is 4.79 Å². The van der Waals surface area contributed by atoms with Crippen LogP contribution in [0.4, 0.5) is 5.69 Å². The fourth-order valence-corrected chi connectivity index (χ4v) is 2.70. The number of hydrogen-bond acceptors (Lipinski definition) is 4. The van der Waals surface area contributed by atoms with Gasteiger partial charge < -0.3 is 16.0 Å². The Balaban J connectivity index is 2.25. The van der Waals surface area contributed by atoms with Gasteiger partial charge in [0, 0.05) is 17.5 Å². The number of anilines is 1. The first-order valence-electron chi connectivity index (χ1n) is 5.63. The average Bonchev–Trinajstić information content (AvgIpc) is 2.35. The van der Waals surface area contributed by atoms with Crippen molar-refractivity contribution in [1.82, 2.24) is 10.6 Å². The van der Waals surface area contributed by atoms with Crippen LogP contribution in [-0.4, -0.2) is 32.3 Å². The lowest BCUT2D eigenvalue weighted by Gasteiger charge is -2.21. The van der Waals surface area contributed by atoms with Crippen LogP contribution in [0.1, 0.15) is 11.6 Å². The van der Waals surface area contributed by atoms with Crippen LogP contribution in [0.25, 0.3) is 0 Å². The number of carbonyl (C=O) groups is 1. The second kappa shape index (κ2) is 5.53. The highest BCUT2D eigenvalue weighted by Gasteiger charge is 2.17. The summed E-state index contributed by atoms with van der Waals surface area (Å²) in [6.45, 7) is 0.858. The maximum absolute atomic E-state index is 11.3. The lowest BCUT2D eigenvalue weighted by atomic mass is 10.1. The molecule has 5 heteroatoms. The molecule has 0 aliphatic carbocycles. The Bertz CT molecular complexity index is 422. The molecule has 92 valence electrons. The third-order valence-electron chi connectivity index (χ3n) is 2.80. The van der Waals surface area contributed by atoms with E-state index in [0.29, 0.717) is 5.75 Å². The number of fused-ring (bicyclic) bond motifs is 1. The molecule has 0 spiro atoms. The highest BCUT2D eigenvalue weighted by Crippen LogP contribution is 2.33. The van der Waals surface area contributed by atoms with Crippen LogP contribution < -0.4 is 16.0 Å². The monoisotopic (exact) mass is 251 g/mol. The van der Waals surface area contributed by atoms with E-state index in [4.69, 9.17) is 0 Å². The number of benzene rings is 1. The van der Waals surface area contributed by atoms with Crippen molar-refractivity contribution in [2.45, 2.75) is 10.9 Å². The van der Waals surface area contributed by atoms with Crippen molar-refractivity contribution in [1.29, 1.82) is 0 Å². The van der Waals surface area contributed by atoms with E-state index in [-0.39, 0.29) is 11.9 Å². The number of likely N-dealkylation sites (N-methyl/N-ethyl adjacent to an activating group) is 2. The van der Waals surface area contributed by atoms with E-state index in [1.54, 1.807) is 11.8 Å². The first-order valence-corrected chi connectivity index (χ1v) is 6.61. The molecular weight excluding hydrogens is 234 g/mol. The number of amides is 1. The molecule has 1 amide bonds. The smallest absolute Gasteiger partial charge is 0.234 e. The van der Waals surface area contributed by atoms with Crippen LogP contribution in [0, 0.1) is 0 Å². The van der Waals surface area contributed by atoms with Crippen molar-refractivity contribution in [2.75, 3.05) is 31.7 Å². The second-order valence-corrected chi connectivity index (χ2v) is 5.01. The van der Waals surface area contributed by atoms with Crippen molar-refractivity contribution in [2.24, 2.45) is 0 Å². The van der Waals surface area contributed by atoms with Crippen molar-refractivity contribution >= 4 is 23.4 Å². The minimum absolute atomic E-state index is 0.0780. The summed E-state index contributed by atoms with van der Waals surface area (Å²) in [6, 6.07) is 6.50. The van der Waals surface area contributed by atoms with Crippen LogP contribution in [0.15, 0.2) is 23.1 Å². The number of carbonyl (C=O) groups excluding carboxylic acids is 1. The number of hydrogen-bond donors (Lipinski definition) is 3. The minimum atomic E-state index is 0.0780. The molecule has 1 aliphatic rings. The largest absolute Gasteiger partial charge is 0.324 e. The molecule has 1 aromatic rings. The highest BCUT2D eigenvalue weighted by atomic mass is 32.2. The molecule has 1 heterocycles. The fourth-order valence-electron chi connectivity index (χ4n) is 1.91. The molecule has 1 aromatic carbocycles. The third-order valence-corrected chi connectivity index (χ3v) is 3.87. The summed E-state index contributed by atoms with van der Waals surface area (Å²) in [5, 5.41) is 9.32. The molecule has 1 atom stereocenters. The molecule has 0 saturated carbocycles. The zero-order valence-corrected chi connectivity index (χ0v) is 10.9. The molecular formula is C12H17N3OS. The maximum Gasteiger partial charge on any atom is 0.234 e. The summed E-state index contributed by atoms with van der Waals surface area (Å²) in [6.07, 6.45) is 0. The lowest BCUT2D eigenvalue weighted by molar-refractivity contribution is -0.113. The highest BCUT2D eigenvalue weighted by molar-refractivity contribution is 8.00. The van der Waals surface area contributed by atoms with Gasteiger partial charge in [0.2, 0.25) is 5.91 Å². The predicted molar refractivity (Wildman–Crippen MR) is 71.5 cm³/mol. The molecule has 0 aromatic heterocycles. The molecule has 2 rings (SSSR count). The van der Waals surface area contributed by atoms with E-state index in [1.807, 2.05) is 14.1 Å². The number of nitrogens with one attached hydrogen (secondary N) is 3.